The maximum atomic E-state index is 11.6. The Balaban J connectivity index is 0.00000441. The second-order valence-electron chi connectivity index (χ2n) is 4.84. The zero-order valence-electron chi connectivity index (χ0n) is 13.6. The maximum Gasteiger partial charge on any atom is 0.221 e. The van der Waals surface area contributed by atoms with E-state index < -0.39 is 0 Å². The zero-order valence-corrected chi connectivity index (χ0v) is 16.7. The van der Waals surface area contributed by atoms with E-state index in [0.717, 1.165) is 11.4 Å². The van der Waals surface area contributed by atoms with Crippen LogP contribution in [0.2, 0.25) is 0 Å². The summed E-state index contributed by atoms with van der Waals surface area (Å²) < 4.78 is 0. The number of rotatable bonds is 7. The van der Waals surface area contributed by atoms with Crippen molar-refractivity contribution in [2.24, 2.45) is 4.99 Å². The second-order valence-corrected chi connectivity index (χ2v) is 6.16. The van der Waals surface area contributed by atoms with Crippen molar-refractivity contribution < 1.29 is 4.79 Å². The second kappa shape index (κ2) is 11.6. The minimum Gasteiger partial charge on any atom is -0.356 e. The molecule has 1 aromatic rings. The Morgan fingerprint density at radius 3 is 2.73 bits per heavy atom. The summed E-state index contributed by atoms with van der Waals surface area (Å²) in [5.74, 6) is 0.738. The van der Waals surface area contributed by atoms with Crippen LogP contribution in [0.5, 0.6) is 0 Å². The lowest BCUT2D eigenvalue weighted by Gasteiger charge is -2.13. The lowest BCUT2D eigenvalue weighted by molar-refractivity contribution is -0.121. The largest absolute Gasteiger partial charge is 0.356 e. The van der Waals surface area contributed by atoms with Crippen LogP contribution in [-0.4, -0.2) is 36.5 Å². The summed E-state index contributed by atoms with van der Waals surface area (Å²) in [6, 6.07) is 0.225. The van der Waals surface area contributed by atoms with Gasteiger partial charge in [-0.1, -0.05) is 6.92 Å². The molecule has 1 aromatic heterocycles. The molecule has 1 heterocycles. The molecule has 0 aromatic carbocycles. The number of guanidine groups is 1. The molecule has 3 N–H and O–H groups in total. The molecule has 0 spiro atoms. The summed E-state index contributed by atoms with van der Waals surface area (Å²) in [6.45, 7) is 7.28. The van der Waals surface area contributed by atoms with Crippen LogP contribution in [0.4, 0.5) is 0 Å². The summed E-state index contributed by atoms with van der Waals surface area (Å²) in [6.07, 6.45) is 3.23. The van der Waals surface area contributed by atoms with Crippen molar-refractivity contribution in [2.45, 2.75) is 46.2 Å². The number of hydrogen-bond acceptors (Lipinski definition) is 4. The standard InChI is InChI=1S/C14H25N5OS.HI/c1-5-10(2)19-12(20)6-7-16-14(15-4)18-9-13-17-8-11(3)21-13;/h8,10H,5-7,9H2,1-4H3,(H,19,20)(H2,15,16,18);1H. The third-order valence-corrected chi connectivity index (χ3v) is 3.88. The molecule has 1 unspecified atom stereocenters. The molecule has 0 saturated carbocycles. The first-order chi connectivity index (χ1) is 10.0. The third kappa shape index (κ3) is 8.52. The zero-order chi connectivity index (χ0) is 15.7. The summed E-state index contributed by atoms with van der Waals surface area (Å²) >= 11 is 1.66. The SMILES string of the molecule is CCC(C)NC(=O)CCNC(=NC)NCc1ncc(C)s1.I. The van der Waals surface area contributed by atoms with Gasteiger partial charge < -0.3 is 16.0 Å². The van der Waals surface area contributed by atoms with Crippen molar-refractivity contribution in [1.29, 1.82) is 0 Å². The monoisotopic (exact) mass is 439 g/mol. The fourth-order valence-electron chi connectivity index (χ4n) is 1.61. The minimum atomic E-state index is 0. The number of amides is 1. The van der Waals surface area contributed by atoms with Crippen LogP contribution in [0, 0.1) is 6.92 Å². The fraction of sp³-hybridized carbons (Fsp3) is 0.643. The Morgan fingerprint density at radius 2 is 2.18 bits per heavy atom. The van der Waals surface area contributed by atoms with E-state index >= 15 is 0 Å². The number of carbonyl (C=O) groups excluding carboxylic acids is 1. The van der Waals surface area contributed by atoms with Gasteiger partial charge in [0.05, 0.1) is 6.54 Å². The van der Waals surface area contributed by atoms with E-state index in [4.69, 9.17) is 0 Å². The minimum absolute atomic E-state index is 0. The molecule has 0 aliphatic carbocycles. The highest BCUT2D eigenvalue weighted by Crippen LogP contribution is 2.10. The van der Waals surface area contributed by atoms with Gasteiger partial charge in [0.15, 0.2) is 5.96 Å². The van der Waals surface area contributed by atoms with Gasteiger partial charge in [-0.05, 0) is 20.3 Å². The maximum absolute atomic E-state index is 11.6. The first kappa shape index (κ1) is 21.1. The lowest BCUT2D eigenvalue weighted by Crippen LogP contribution is -2.40. The smallest absolute Gasteiger partial charge is 0.221 e. The number of aromatic nitrogens is 1. The molecule has 126 valence electrons. The van der Waals surface area contributed by atoms with E-state index in [-0.39, 0.29) is 35.9 Å². The van der Waals surface area contributed by atoms with Crippen LogP contribution in [0.1, 0.15) is 36.6 Å². The number of halogens is 1. The van der Waals surface area contributed by atoms with Gasteiger partial charge in [0.1, 0.15) is 5.01 Å². The number of nitrogens with one attached hydrogen (secondary N) is 3. The summed E-state index contributed by atoms with van der Waals surface area (Å²) in [4.78, 5) is 21.2. The van der Waals surface area contributed by atoms with Crippen molar-refractivity contribution in [1.82, 2.24) is 20.9 Å². The van der Waals surface area contributed by atoms with Crippen LogP contribution in [0.25, 0.3) is 0 Å². The van der Waals surface area contributed by atoms with Gasteiger partial charge in [-0.25, -0.2) is 4.98 Å². The highest BCUT2D eigenvalue weighted by molar-refractivity contribution is 14.0. The predicted molar refractivity (Wildman–Crippen MR) is 103 cm³/mol. The molecule has 22 heavy (non-hydrogen) atoms. The summed E-state index contributed by atoms with van der Waals surface area (Å²) in [5, 5.41) is 10.3. The quantitative estimate of drug-likeness (QED) is 0.345. The Kier molecular flexibility index (Phi) is 11.2. The Hall–Kier alpha value is -0.900. The molecule has 0 radical (unpaired) electrons. The number of aryl methyl sites for hydroxylation is 1. The van der Waals surface area contributed by atoms with E-state index in [1.54, 1.807) is 18.4 Å². The Labute approximate surface area is 153 Å². The van der Waals surface area contributed by atoms with Gasteiger partial charge in [0, 0.05) is 37.1 Å². The molecular weight excluding hydrogens is 413 g/mol. The fourth-order valence-corrected chi connectivity index (χ4v) is 2.33. The van der Waals surface area contributed by atoms with E-state index in [0.29, 0.717) is 25.5 Å². The van der Waals surface area contributed by atoms with Crippen LogP contribution in [0.15, 0.2) is 11.2 Å². The van der Waals surface area contributed by atoms with E-state index in [1.165, 1.54) is 4.88 Å². The number of nitrogens with zero attached hydrogens (tertiary/aromatic N) is 2. The van der Waals surface area contributed by atoms with Crippen molar-refractivity contribution >= 4 is 47.2 Å². The Bertz CT molecular complexity index is 478. The molecule has 8 heteroatoms. The number of hydrogen-bond donors (Lipinski definition) is 3. The molecule has 1 atom stereocenters. The highest BCUT2D eigenvalue weighted by atomic mass is 127. The van der Waals surface area contributed by atoms with Gasteiger partial charge in [-0.2, -0.15) is 0 Å². The average Bonchev–Trinajstić information content (AvgIpc) is 2.88. The Morgan fingerprint density at radius 1 is 1.45 bits per heavy atom. The predicted octanol–water partition coefficient (Wildman–Crippen LogP) is 2.04. The number of carbonyl (C=O) groups is 1. The molecular formula is C14H26IN5OS. The van der Waals surface area contributed by atoms with Crippen molar-refractivity contribution in [3.05, 3.63) is 16.1 Å². The highest BCUT2D eigenvalue weighted by Gasteiger charge is 2.06. The topological polar surface area (TPSA) is 78.4 Å². The van der Waals surface area contributed by atoms with E-state index in [1.807, 2.05) is 20.0 Å². The van der Waals surface area contributed by atoms with Gasteiger partial charge >= 0.3 is 0 Å². The van der Waals surface area contributed by atoms with Crippen molar-refractivity contribution in [2.75, 3.05) is 13.6 Å². The van der Waals surface area contributed by atoms with Gasteiger partial charge in [0.2, 0.25) is 5.91 Å². The molecule has 1 amide bonds. The first-order valence-electron chi connectivity index (χ1n) is 7.20. The van der Waals surface area contributed by atoms with Crippen LogP contribution >= 0.6 is 35.3 Å². The molecule has 0 aliphatic heterocycles. The van der Waals surface area contributed by atoms with Gasteiger partial charge in [-0.3, -0.25) is 9.79 Å². The molecule has 1 rings (SSSR count). The molecule has 6 nitrogen and oxygen atoms in total. The normalized spacial score (nSPS) is 12.3. The van der Waals surface area contributed by atoms with Gasteiger partial charge in [-0.15, -0.1) is 35.3 Å². The molecule has 0 fully saturated rings. The first-order valence-corrected chi connectivity index (χ1v) is 8.02. The lowest BCUT2D eigenvalue weighted by atomic mass is 10.2. The van der Waals surface area contributed by atoms with Crippen LogP contribution < -0.4 is 16.0 Å². The van der Waals surface area contributed by atoms with Crippen molar-refractivity contribution in [3.8, 4) is 0 Å². The number of aliphatic imine (C=N–C) groups is 1. The van der Waals surface area contributed by atoms with Crippen molar-refractivity contribution in [3.63, 3.8) is 0 Å². The summed E-state index contributed by atoms with van der Waals surface area (Å²) in [7, 11) is 1.71. The number of thiazole rings is 1. The average molecular weight is 439 g/mol. The van der Waals surface area contributed by atoms with E-state index in [2.05, 4.69) is 32.9 Å². The van der Waals surface area contributed by atoms with E-state index in [9.17, 15) is 4.79 Å². The molecule has 0 bridgehead atoms. The molecule has 0 saturated heterocycles. The van der Waals surface area contributed by atoms with Crippen LogP contribution in [-0.2, 0) is 11.3 Å². The third-order valence-electron chi connectivity index (χ3n) is 2.96. The van der Waals surface area contributed by atoms with Gasteiger partial charge in [0.25, 0.3) is 0 Å². The summed E-state index contributed by atoms with van der Waals surface area (Å²) in [5.41, 5.74) is 0. The molecule has 0 aliphatic rings. The van der Waals surface area contributed by atoms with Crippen LogP contribution in [0.3, 0.4) is 0 Å².